The number of aryl methyl sites for hydroxylation is 1. The maximum absolute atomic E-state index is 14.6. The lowest BCUT2D eigenvalue weighted by Gasteiger charge is -2.32. The lowest BCUT2D eigenvalue weighted by Crippen LogP contribution is -2.20. The van der Waals surface area contributed by atoms with Crippen molar-refractivity contribution in [1.29, 1.82) is 0 Å². The van der Waals surface area contributed by atoms with E-state index in [4.69, 9.17) is 4.74 Å². The molecule has 1 aliphatic carbocycles. The predicted octanol–water partition coefficient (Wildman–Crippen LogP) is 7.19. The summed E-state index contributed by atoms with van der Waals surface area (Å²) >= 11 is 0. The van der Waals surface area contributed by atoms with Crippen LogP contribution in [0.5, 0.6) is 5.75 Å². The molecule has 0 heterocycles. The Hall–Kier alpha value is -1.71. The molecule has 1 saturated carbocycles. The minimum absolute atomic E-state index is 0.0649. The van der Waals surface area contributed by atoms with Crippen LogP contribution < -0.4 is 4.74 Å². The summed E-state index contributed by atoms with van der Waals surface area (Å²) < 4.78 is 47.9. The van der Waals surface area contributed by atoms with Gasteiger partial charge in [-0.2, -0.15) is 0 Å². The molecule has 0 bridgehead atoms. The standard InChI is InChI=1S/C23H29F3O/c1-3-4-7-15-8-5-6-9-16(15)10-11-17-14-19(24)22(25)21-18(17)12-13-20(27-2)23(21)26/h12-16H,3-11H2,1-2H3. The third-order valence-electron chi connectivity index (χ3n) is 6.18. The van der Waals surface area contributed by atoms with Crippen molar-refractivity contribution in [2.45, 2.75) is 64.7 Å². The Kier molecular flexibility index (Phi) is 6.67. The van der Waals surface area contributed by atoms with Gasteiger partial charge in [0.2, 0.25) is 0 Å². The summed E-state index contributed by atoms with van der Waals surface area (Å²) in [4.78, 5) is 0. The van der Waals surface area contributed by atoms with Crippen LogP contribution in [-0.2, 0) is 6.42 Å². The molecule has 0 saturated heterocycles. The van der Waals surface area contributed by atoms with Crippen molar-refractivity contribution in [3.63, 3.8) is 0 Å². The average molecular weight is 378 g/mol. The van der Waals surface area contributed by atoms with Gasteiger partial charge >= 0.3 is 0 Å². The van der Waals surface area contributed by atoms with Crippen molar-refractivity contribution in [3.05, 3.63) is 41.2 Å². The van der Waals surface area contributed by atoms with Gasteiger partial charge in [-0.25, -0.2) is 13.2 Å². The normalized spacial score (nSPS) is 20.2. The molecule has 2 unspecified atom stereocenters. The molecule has 2 atom stereocenters. The van der Waals surface area contributed by atoms with Crippen molar-refractivity contribution in [2.24, 2.45) is 11.8 Å². The van der Waals surface area contributed by atoms with Crippen LogP contribution in [0.15, 0.2) is 18.2 Å². The maximum atomic E-state index is 14.6. The monoisotopic (exact) mass is 378 g/mol. The van der Waals surface area contributed by atoms with Gasteiger partial charge in [-0.05, 0) is 47.8 Å². The van der Waals surface area contributed by atoms with Crippen LogP contribution in [0.3, 0.4) is 0 Å². The van der Waals surface area contributed by atoms with E-state index in [9.17, 15) is 13.2 Å². The summed E-state index contributed by atoms with van der Waals surface area (Å²) in [5.41, 5.74) is 0.685. The van der Waals surface area contributed by atoms with Crippen molar-refractivity contribution >= 4 is 10.8 Å². The second-order valence-electron chi connectivity index (χ2n) is 7.82. The third-order valence-corrected chi connectivity index (χ3v) is 6.18. The summed E-state index contributed by atoms with van der Waals surface area (Å²) in [7, 11) is 1.32. The molecule has 2 aromatic carbocycles. The summed E-state index contributed by atoms with van der Waals surface area (Å²) in [5, 5.41) is 0.156. The lowest BCUT2D eigenvalue weighted by molar-refractivity contribution is 0.208. The zero-order valence-corrected chi connectivity index (χ0v) is 16.3. The number of ether oxygens (including phenoxy) is 1. The van der Waals surface area contributed by atoms with E-state index in [-0.39, 0.29) is 11.1 Å². The zero-order valence-electron chi connectivity index (χ0n) is 16.3. The molecule has 1 aliphatic rings. The largest absolute Gasteiger partial charge is 0.494 e. The smallest absolute Gasteiger partial charge is 0.175 e. The predicted molar refractivity (Wildman–Crippen MR) is 104 cm³/mol. The maximum Gasteiger partial charge on any atom is 0.175 e. The number of fused-ring (bicyclic) bond motifs is 1. The van der Waals surface area contributed by atoms with Gasteiger partial charge in [0.05, 0.1) is 12.5 Å². The molecule has 0 spiro atoms. The summed E-state index contributed by atoms with van der Waals surface area (Å²) in [6.07, 6.45) is 10.3. The molecular formula is C23H29F3O. The molecule has 0 amide bonds. The topological polar surface area (TPSA) is 9.23 Å². The first-order valence-electron chi connectivity index (χ1n) is 10.2. The summed E-state index contributed by atoms with van der Waals surface area (Å²) in [6, 6.07) is 4.38. The lowest BCUT2D eigenvalue weighted by atomic mass is 9.74. The third kappa shape index (κ3) is 4.25. The summed E-state index contributed by atoms with van der Waals surface area (Å²) in [5.74, 6) is -1.67. The highest BCUT2D eigenvalue weighted by Gasteiger charge is 2.25. The quantitative estimate of drug-likeness (QED) is 0.495. The molecule has 1 nitrogen and oxygen atoms in total. The second kappa shape index (κ2) is 8.99. The fourth-order valence-corrected chi connectivity index (χ4v) is 4.67. The second-order valence-corrected chi connectivity index (χ2v) is 7.82. The van der Waals surface area contributed by atoms with E-state index in [1.807, 2.05) is 0 Å². The van der Waals surface area contributed by atoms with Crippen LogP contribution in [0, 0.1) is 29.3 Å². The fraction of sp³-hybridized carbons (Fsp3) is 0.565. The Morgan fingerprint density at radius 2 is 1.70 bits per heavy atom. The molecule has 0 aromatic heterocycles. The number of methoxy groups -OCH3 is 1. The zero-order chi connectivity index (χ0) is 19.4. The van der Waals surface area contributed by atoms with E-state index >= 15 is 0 Å². The van der Waals surface area contributed by atoms with Crippen LogP contribution in [0.1, 0.15) is 63.9 Å². The van der Waals surface area contributed by atoms with Gasteiger partial charge in [-0.1, -0.05) is 57.9 Å². The Morgan fingerprint density at radius 1 is 1.00 bits per heavy atom. The molecule has 0 N–H and O–H groups in total. The first-order chi connectivity index (χ1) is 13.1. The first-order valence-corrected chi connectivity index (χ1v) is 10.2. The number of rotatable bonds is 7. The van der Waals surface area contributed by atoms with Crippen LogP contribution in [-0.4, -0.2) is 7.11 Å². The van der Waals surface area contributed by atoms with E-state index in [1.54, 1.807) is 6.07 Å². The summed E-state index contributed by atoms with van der Waals surface area (Å²) in [6.45, 7) is 2.22. The van der Waals surface area contributed by atoms with E-state index < -0.39 is 17.5 Å². The minimum atomic E-state index is -1.14. The molecule has 0 aliphatic heterocycles. The molecule has 0 radical (unpaired) electrons. The van der Waals surface area contributed by atoms with Crippen LogP contribution >= 0.6 is 0 Å². The Balaban J connectivity index is 1.86. The van der Waals surface area contributed by atoms with Crippen molar-refractivity contribution < 1.29 is 17.9 Å². The van der Waals surface area contributed by atoms with Crippen LogP contribution in [0.2, 0.25) is 0 Å². The number of hydrogen-bond donors (Lipinski definition) is 0. The van der Waals surface area contributed by atoms with Crippen molar-refractivity contribution in [1.82, 2.24) is 0 Å². The number of benzene rings is 2. The van der Waals surface area contributed by atoms with Crippen LogP contribution in [0.4, 0.5) is 13.2 Å². The van der Waals surface area contributed by atoms with Gasteiger partial charge in [0, 0.05) is 0 Å². The highest BCUT2D eigenvalue weighted by molar-refractivity contribution is 5.88. The van der Waals surface area contributed by atoms with Gasteiger partial charge < -0.3 is 4.74 Å². The molecular weight excluding hydrogens is 349 g/mol. The van der Waals surface area contributed by atoms with Crippen molar-refractivity contribution in [3.8, 4) is 5.75 Å². The SMILES string of the molecule is CCCCC1CCCCC1CCc1cc(F)c(F)c2c(F)c(OC)ccc12. The molecule has 1 fully saturated rings. The Labute approximate surface area is 159 Å². The van der Waals surface area contributed by atoms with Crippen LogP contribution in [0.25, 0.3) is 10.8 Å². The Morgan fingerprint density at radius 3 is 2.37 bits per heavy atom. The van der Waals surface area contributed by atoms with E-state index in [2.05, 4.69) is 6.92 Å². The van der Waals surface area contributed by atoms with Gasteiger partial charge in [-0.3, -0.25) is 0 Å². The van der Waals surface area contributed by atoms with Gasteiger partial charge in [-0.15, -0.1) is 0 Å². The van der Waals surface area contributed by atoms with Gasteiger partial charge in [0.1, 0.15) is 0 Å². The average Bonchev–Trinajstić information content (AvgIpc) is 2.68. The molecule has 4 heteroatoms. The number of hydrogen-bond acceptors (Lipinski definition) is 1. The Bertz CT molecular complexity index is 787. The minimum Gasteiger partial charge on any atom is -0.494 e. The first kappa shape index (κ1) is 20.0. The number of halogens is 3. The van der Waals surface area contributed by atoms with Gasteiger partial charge in [0.25, 0.3) is 0 Å². The van der Waals surface area contributed by atoms with E-state index in [1.165, 1.54) is 64.2 Å². The van der Waals surface area contributed by atoms with Crippen molar-refractivity contribution in [2.75, 3.05) is 7.11 Å². The highest BCUT2D eigenvalue weighted by atomic mass is 19.2. The van der Waals surface area contributed by atoms with E-state index in [0.29, 0.717) is 23.3 Å². The highest BCUT2D eigenvalue weighted by Crippen LogP contribution is 2.38. The molecule has 2 aromatic rings. The fourth-order valence-electron chi connectivity index (χ4n) is 4.67. The molecule has 27 heavy (non-hydrogen) atoms. The van der Waals surface area contributed by atoms with Gasteiger partial charge in [0.15, 0.2) is 23.2 Å². The number of unbranched alkanes of at least 4 members (excludes halogenated alkanes) is 1. The molecule has 3 rings (SSSR count). The van der Waals surface area contributed by atoms with E-state index in [0.717, 1.165) is 12.3 Å². The molecule has 148 valence electrons.